The van der Waals surface area contributed by atoms with Gasteiger partial charge >= 0.3 is 0 Å². The van der Waals surface area contributed by atoms with Gasteiger partial charge in [0.1, 0.15) is 0 Å². The van der Waals surface area contributed by atoms with Crippen LogP contribution in [0, 0.1) is 10.1 Å². The Morgan fingerprint density at radius 2 is 2.04 bits per heavy atom. The van der Waals surface area contributed by atoms with E-state index in [-0.39, 0.29) is 16.8 Å². The van der Waals surface area contributed by atoms with Gasteiger partial charge in [-0.05, 0) is 13.0 Å². The molecule has 2 rings (SSSR count). The van der Waals surface area contributed by atoms with E-state index in [1.165, 1.54) is 12.1 Å². The fourth-order valence-corrected chi connectivity index (χ4v) is 1.92. The summed E-state index contributed by atoms with van der Waals surface area (Å²) in [6, 6.07) is 7.72. The van der Waals surface area contributed by atoms with Crippen molar-refractivity contribution in [3.05, 3.63) is 57.4 Å². The number of nitro benzene ring substituents is 1. The average Bonchev–Trinajstić information content (AvgIpc) is 3.02. The number of nitro groups is 1. The minimum atomic E-state index is -0.479. The van der Waals surface area contributed by atoms with Crippen LogP contribution in [0.4, 0.5) is 5.69 Å². The van der Waals surface area contributed by atoms with Gasteiger partial charge in [-0.3, -0.25) is 20.0 Å². The monoisotopic (exact) mass is 329 g/mol. The van der Waals surface area contributed by atoms with E-state index >= 15 is 0 Å². The highest BCUT2D eigenvalue weighted by atomic mass is 16.6. The molecule has 0 atom stereocenters. The van der Waals surface area contributed by atoms with Crippen molar-refractivity contribution >= 4 is 17.3 Å². The molecule has 8 heteroatoms. The number of carbonyl (C=O) groups excluding carboxylic acids is 1. The average molecular weight is 329 g/mol. The molecule has 1 aromatic carbocycles. The van der Waals surface area contributed by atoms with Gasteiger partial charge < -0.3 is 0 Å². The topological polar surface area (TPSA) is 113 Å². The number of nitrogens with one attached hydrogen (secondary N) is 2. The second-order valence-corrected chi connectivity index (χ2v) is 6.36. The number of non-ortho nitro benzene ring substituents is 1. The molecule has 0 saturated heterocycles. The Bertz CT molecular complexity index is 802. The normalized spacial score (nSPS) is 12.1. The van der Waals surface area contributed by atoms with Crippen LogP contribution in [0.2, 0.25) is 0 Å². The zero-order valence-electron chi connectivity index (χ0n) is 14.0. The second-order valence-electron chi connectivity index (χ2n) is 6.36. The van der Waals surface area contributed by atoms with Gasteiger partial charge in [0.2, 0.25) is 0 Å². The SMILES string of the molecule is C/C(=N\NC(=O)c1cc(C(C)(C)C)[nH]n1)c1cccc([N+](=O)[O-])c1. The summed E-state index contributed by atoms with van der Waals surface area (Å²) in [5.41, 5.74) is 4.32. The Labute approximate surface area is 139 Å². The number of aromatic nitrogens is 2. The van der Waals surface area contributed by atoms with Crippen molar-refractivity contribution in [2.45, 2.75) is 33.1 Å². The maximum absolute atomic E-state index is 12.1. The first-order chi connectivity index (χ1) is 11.2. The van der Waals surface area contributed by atoms with Crippen molar-refractivity contribution in [2.24, 2.45) is 5.10 Å². The predicted molar refractivity (Wildman–Crippen MR) is 90.1 cm³/mol. The number of nitrogens with zero attached hydrogens (tertiary/aromatic N) is 3. The van der Waals surface area contributed by atoms with Gasteiger partial charge in [-0.15, -0.1) is 0 Å². The predicted octanol–water partition coefficient (Wildman–Crippen LogP) is 2.77. The highest BCUT2D eigenvalue weighted by Gasteiger charge is 2.19. The number of hydrogen-bond acceptors (Lipinski definition) is 5. The zero-order chi connectivity index (χ0) is 17.9. The lowest BCUT2D eigenvalue weighted by Gasteiger charge is -2.14. The maximum Gasteiger partial charge on any atom is 0.291 e. The molecule has 2 aromatic rings. The minimum absolute atomic E-state index is 0.0319. The van der Waals surface area contributed by atoms with Crippen LogP contribution in [0.15, 0.2) is 35.4 Å². The van der Waals surface area contributed by atoms with Crippen LogP contribution in [-0.2, 0) is 5.41 Å². The Balaban J connectivity index is 2.12. The number of aromatic amines is 1. The lowest BCUT2D eigenvalue weighted by atomic mass is 9.92. The summed E-state index contributed by atoms with van der Waals surface area (Å²) in [5.74, 6) is -0.452. The summed E-state index contributed by atoms with van der Waals surface area (Å²) in [7, 11) is 0. The number of hydrazone groups is 1. The number of benzene rings is 1. The molecule has 0 unspecified atom stereocenters. The molecule has 0 fully saturated rings. The number of amides is 1. The van der Waals surface area contributed by atoms with Gasteiger partial charge in [0.25, 0.3) is 11.6 Å². The summed E-state index contributed by atoms with van der Waals surface area (Å²) < 4.78 is 0. The molecule has 0 saturated carbocycles. The van der Waals surface area contributed by atoms with E-state index in [1.54, 1.807) is 25.1 Å². The van der Waals surface area contributed by atoms with Crippen LogP contribution >= 0.6 is 0 Å². The van der Waals surface area contributed by atoms with Crippen molar-refractivity contribution in [1.29, 1.82) is 0 Å². The molecule has 8 nitrogen and oxygen atoms in total. The van der Waals surface area contributed by atoms with Crippen LogP contribution in [-0.4, -0.2) is 26.7 Å². The maximum atomic E-state index is 12.1. The fourth-order valence-electron chi connectivity index (χ4n) is 1.92. The lowest BCUT2D eigenvalue weighted by Crippen LogP contribution is -2.19. The van der Waals surface area contributed by atoms with Crippen LogP contribution in [0.25, 0.3) is 0 Å². The van der Waals surface area contributed by atoms with Crippen LogP contribution in [0.3, 0.4) is 0 Å². The Morgan fingerprint density at radius 3 is 2.62 bits per heavy atom. The van der Waals surface area contributed by atoms with Crippen molar-refractivity contribution in [2.75, 3.05) is 0 Å². The lowest BCUT2D eigenvalue weighted by molar-refractivity contribution is -0.384. The molecule has 0 aliphatic rings. The van der Waals surface area contributed by atoms with Crippen LogP contribution < -0.4 is 5.43 Å². The van der Waals surface area contributed by atoms with Crippen LogP contribution in [0.5, 0.6) is 0 Å². The molecule has 2 N–H and O–H groups in total. The molecule has 0 radical (unpaired) electrons. The molecular formula is C16H19N5O3. The van der Waals surface area contributed by atoms with E-state index in [0.717, 1.165) is 5.69 Å². The van der Waals surface area contributed by atoms with Gasteiger partial charge in [-0.1, -0.05) is 32.9 Å². The smallest absolute Gasteiger partial charge is 0.281 e. The highest BCUT2D eigenvalue weighted by Crippen LogP contribution is 2.20. The third kappa shape index (κ3) is 4.03. The number of rotatable bonds is 4. The summed E-state index contributed by atoms with van der Waals surface area (Å²) >= 11 is 0. The third-order valence-corrected chi connectivity index (χ3v) is 3.42. The standard InChI is InChI=1S/C16H19N5O3/c1-10(11-6-5-7-12(8-11)21(23)24)17-20-15(22)13-9-14(19-18-13)16(2,3)4/h5-9H,1-4H3,(H,18,19)(H,20,22)/b17-10+. The Kier molecular flexibility index (Phi) is 4.77. The van der Waals surface area contributed by atoms with Crippen LogP contribution in [0.1, 0.15) is 49.4 Å². The number of hydrogen-bond donors (Lipinski definition) is 2. The van der Waals surface area contributed by atoms with Crippen molar-refractivity contribution in [3.8, 4) is 0 Å². The number of H-pyrrole nitrogens is 1. The molecule has 1 heterocycles. The Morgan fingerprint density at radius 1 is 1.33 bits per heavy atom. The van der Waals surface area contributed by atoms with E-state index in [0.29, 0.717) is 11.3 Å². The first-order valence-corrected chi connectivity index (χ1v) is 7.34. The molecule has 126 valence electrons. The molecule has 24 heavy (non-hydrogen) atoms. The highest BCUT2D eigenvalue weighted by molar-refractivity contribution is 6.00. The quantitative estimate of drug-likeness (QED) is 0.510. The summed E-state index contributed by atoms with van der Waals surface area (Å²) in [5, 5.41) is 21.6. The molecule has 0 bridgehead atoms. The molecule has 1 amide bonds. The summed E-state index contributed by atoms with van der Waals surface area (Å²) in [4.78, 5) is 22.4. The van der Waals surface area contributed by atoms with Crippen molar-refractivity contribution in [1.82, 2.24) is 15.6 Å². The molecular weight excluding hydrogens is 310 g/mol. The minimum Gasteiger partial charge on any atom is -0.281 e. The van der Waals surface area contributed by atoms with Gasteiger partial charge in [-0.25, -0.2) is 5.43 Å². The van der Waals surface area contributed by atoms with Crippen molar-refractivity contribution in [3.63, 3.8) is 0 Å². The molecule has 0 aliphatic heterocycles. The second kappa shape index (κ2) is 6.61. The fraction of sp³-hybridized carbons (Fsp3) is 0.312. The summed E-state index contributed by atoms with van der Waals surface area (Å²) in [6.07, 6.45) is 0. The van der Waals surface area contributed by atoms with Gasteiger partial charge in [-0.2, -0.15) is 10.2 Å². The van der Waals surface area contributed by atoms with Crippen molar-refractivity contribution < 1.29 is 9.72 Å². The Hall–Kier alpha value is -3.03. The third-order valence-electron chi connectivity index (χ3n) is 3.42. The first-order valence-electron chi connectivity index (χ1n) is 7.34. The summed E-state index contributed by atoms with van der Waals surface area (Å²) in [6.45, 7) is 7.68. The molecule has 0 spiro atoms. The van der Waals surface area contributed by atoms with E-state index in [9.17, 15) is 14.9 Å². The molecule has 0 aliphatic carbocycles. The van der Waals surface area contributed by atoms with E-state index in [4.69, 9.17) is 0 Å². The van der Waals surface area contributed by atoms with E-state index in [2.05, 4.69) is 20.7 Å². The largest absolute Gasteiger partial charge is 0.291 e. The van der Waals surface area contributed by atoms with Gasteiger partial charge in [0.15, 0.2) is 5.69 Å². The van der Waals surface area contributed by atoms with Gasteiger partial charge in [0, 0.05) is 28.8 Å². The zero-order valence-corrected chi connectivity index (χ0v) is 14.0. The number of carbonyl (C=O) groups is 1. The van der Waals surface area contributed by atoms with E-state index in [1.807, 2.05) is 20.8 Å². The first kappa shape index (κ1) is 17.3. The van der Waals surface area contributed by atoms with Gasteiger partial charge in [0.05, 0.1) is 10.6 Å². The molecule has 1 aromatic heterocycles. The van der Waals surface area contributed by atoms with E-state index < -0.39 is 10.8 Å².